The summed E-state index contributed by atoms with van der Waals surface area (Å²) in [7, 11) is 0. The molecule has 0 aromatic rings. The maximum absolute atomic E-state index is 12.7. The summed E-state index contributed by atoms with van der Waals surface area (Å²) in [6, 6.07) is -1.78. The molecule has 3 amide bonds. The Morgan fingerprint density at radius 3 is 2.33 bits per heavy atom. The number of piperidine rings is 2. The Balaban J connectivity index is 2.16. The van der Waals surface area contributed by atoms with Crippen molar-refractivity contribution < 1.29 is 19.5 Å². The number of nitrogens with zero attached hydrogens (tertiary/aromatic N) is 2. The molecule has 3 atom stereocenters. The maximum atomic E-state index is 12.7. The number of rotatable bonds is 2. The third-order valence-corrected chi connectivity index (χ3v) is 4.47. The molecule has 7 nitrogen and oxygen atoms in total. The van der Waals surface area contributed by atoms with Crippen LogP contribution in [0.15, 0.2) is 0 Å². The highest BCUT2D eigenvalue weighted by Crippen LogP contribution is 2.26. The molecule has 2 aliphatic heterocycles. The molecule has 0 aromatic carbocycles. The second-order valence-electron chi connectivity index (χ2n) is 6.07. The molecule has 21 heavy (non-hydrogen) atoms. The summed E-state index contributed by atoms with van der Waals surface area (Å²) in [5.74, 6) is -1.22. The molecular formula is C14H23N3O4. The minimum absolute atomic E-state index is 0.281. The SMILES string of the molecule is CC1CCN(C(=O)N2CCCCC2C(N)=O)C(C(=O)O)C1. The van der Waals surface area contributed by atoms with E-state index >= 15 is 0 Å². The van der Waals surface area contributed by atoms with Gasteiger partial charge in [-0.05, 0) is 38.0 Å². The lowest BCUT2D eigenvalue weighted by Crippen LogP contribution is -2.59. The number of urea groups is 1. The van der Waals surface area contributed by atoms with Crippen molar-refractivity contribution in [2.45, 2.75) is 51.1 Å². The van der Waals surface area contributed by atoms with E-state index in [1.165, 1.54) is 9.80 Å². The first-order valence-corrected chi connectivity index (χ1v) is 7.51. The molecule has 0 aliphatic carbocycles. The fraction of sp³-hybridized carbons (Fsp3) is 0.786. The molecule has 2 saturated heterocycles. The van der Waals surface area contributed by atoms with E-state index < -0.39 is 24.0 Å². The molecule has 7 heteroatoms. The molecule has 0 bridgehead atoms. The summed E-state index contributed by atoms with van der Waals surface area (Å²) in [6.07, 6.45) is 3.47. The first-order chi connectivity index (χ1) is 9.91. The van der Waals surface area contributed by atoms with Crippen molar-refractivity contribution >= 4 is 17.9 Å². The minimum Gasteiger partial charge on any atom is -0.480 e. The molecule has 118 valence electrons. The quantitative estimate of drug-likeness (QED) is 0.780. The van der Waals surface area contributed by atoms with Gasteiger partial charge in [-0.3, -0.25) is 4.79 Å². The summed E-state index contributed by atoms with van der Waals surface area (Å²) in [4.78, 5) is 38.4. The number of carboxylic acid groups (broad SMARTS) is 1. The average Bonchev–Trinajstić information content (AvgIpc) is 2.46. The topological polar surface area (TPSA) is 104 Å². The molecule has 2 heterocycles. The van der Waals surface area contributed by atoms with Gasteiger partial charge < -0.3 is 20.6 Å². The van der Waals surface area contributed by atoms with Crippen LogP contribution in [0.2, 0.25) is 0 Å². The Morgan fingerprint density at radius 1 is 1.05 bits per heavy atom. The first-order valence-electron chi connectivity index (χ1n) is 7.51. The number of carboxylic acids is 1. The monoisotopic (exact) mass is 297 g/mol. The third kappa shape index (κ3) is 3.28. The van der Waals surface area contributed by atoms with Crippen molar-refractivity contribution in [3.05, 3.63) is 0 Å². The van der Waals surface area contributed by atoms with Crippen LogP contribution >= 0.6 is 0 Å². The van der Waals surface area contributed by atoms with Crippen molar-refractivity contribution in [3.8, 4) is 0 Å². The van der Waals surface area contributed by atoms with Gasteiger partial charge in [-0.2, -0.15) is 0 Å². The number of hydrogen-bond acceptors (Lipinski definition) is 3. The highest BCUT2D eigenvalue weighted by atomic mass is 16.4. The van der Waals surface area contributed by atoms with Gasteiger partial charge in [0.1, 0.15) is 12.1 Å². The number of amides is 3. The Bertz CT molecular complexity index is 440. The van der Waals surface area contributed by atoms with Crippen LogP contribution in [-0.2, 0) is 9.59 Å². The van der Waals surface area contributed by atoms with Crippen LogP contribution in [0.5, 0.6) is 0 Å². The Hall–Kier alpha value is -1.79. The van der Waals surface area contributed by atoms with Gasteiger partial charge in [-0.1, -0.05) is 6.92 Å². The number of primary amides is 1. The van der Waals surface area contributed by atoms with Gasteiger partial charge in [0, 0.05) is 13.1 Å². The normalized spacial score (nSPS) is 30.0. The van der Waals surface area contributed by atoms with Crippen molar-refractivity contribution in [2.24, 2.45) is 11.7 Å². The summed E-state index contributed by atoms with van der Waals surface area (Å²) in [6.45, 7) is 2.87. The predicted molar refractivity (Wildman–Crippen MR) is 75.5 cm³/mol. The van der Waals surface area contributed by atoms with E-state index in [1.54, 1.807) is 0 Å². The van der Waals surface area contributed by atoms with E-state index in [1.807, 2.05) is 6.92 Å². The smallest absolute Gasteiger partial charge is 0.326 e. The van der Waals surface area contributed by atoms with Crippen LogP contribution in [0.4, 0.5) is 4.79 Å². The standard InChI is InChI=1S/C14H23N3O4/c1-9-5-7-17(11(8-9)13(19)20)14(21)16-6-3-2-4-10(16)12(15)18/h9-11H,2-8H2,1H3,(H2,15,18)(H,19,20). The fourth-order valence-electron chi connectivity index (χ4n) is 3.23. The van der Waals surface area contributed by atoms with Gasteiger partial charge in [0.2, 0.25) is 5.91 Å². The molecule has 3 N–H and O–H groups in total. The molecular weight excluding hydrogens is 274 g/mol. The highest BCUT2D eigenvalue weighted by molar-refractivity contribution is 5.88. The van der Waals surface area contributed by atoms with Gasteiger partial charge in [-0.25, -0.2) is 9.59 Å². The number of hydrogen-bond donors (Lipinski definition) is 2. The van der Waals surface area contributed by atoms with Crippen LogP contribution in [0.25, 0.3) is 0 Å². The number of carbonyl (C=O) groups excluding carboxylic acids is 2. The zero-order chi connectivity index (χ0) is 15.6. The van der Waals surface area contributed by atoms with Crippen molar-refractivity contribution in [2.75, 3.05) is 13.1 Å². The molecule has 0 aromatic heterocycles. The van der Waals surface area contributed by atoms with E-state index in [0.29, 0.717) is 25.9 Å². The summed E-state index contributed by atoms with van der Waals surface area (Å²) < 4.78 is 0. The summed E-state index contributed by atoms with van der Waals surface area (Å²) >= 11 is 0. The van der Waals surface area contributed by atoms with Crippen molar-refractivity contribution in [1.82, 2.24) is 9.80 Å². The third-order valence-electron chi connectivity index (χ3n) is 4.47. The summed E-state index contributed by atoms with van der Waals surface area (Å²) in [5.41, 5.74) is 5.37. The number of likely N-dealkylation sites (tertiary alicyclic amines) is 2. The van der Waals surface area contributed by atoms with E-state index in [-0.39, 0.29) is 11.9 Å². The van der Waals surface area contributed by atoms with Crippen LogP contribution in [0, 0.1) is 5.92 Å². The largest absolute Gasteiger partial charge is 0.480 e. The number of nitrogens with two attached hydrogens (primary N) is 1. The Kier molecular flexibility index (Phi) is 4.69. The minimum atomic E-state index is -0.984. The molecule has 2 rings (SSSR count). The number of aliphatic carboxylic acids is 1. The second kappa shape index (κ2) is 6.32. The van der Waals surface area contributed by atoms with Gasteiger partial charge in [0.05, 0.1) is 0 Å². The van der Waals surface area contributed by atoms with E-state index in [9.17, 15) is 19.5 Å². The maximum Gasteiger partial charge on any atom is 0.326 e. The molecule has 2 fully saturated rings. The average molecular weight is 297 g/mol. The molecule has 2 aliphatic rings. The lowest BCUT2D eigenvalue weighted by molar-refractivity contribution is -0.144. The second-order valence-corrected chi connectivity index (χ2v) is 6.07. The van der Waals surface area contributed by atoms with Gasteiger partial charge in [0.15, 0.2) is 0 Å². The van der Waals surface area contributed by atoms with Crippen molar-refractivity contribution in [1.29, 1.82) is 0 Å². The van der Waals surface area contributed by atoms with Gasteiger partial charge in [0.25, 0.3) is 0 Å². The van der Waals surface area contributed by atoms with E-state index in [4.69, 9.17) is 5.73 Å². The Morgan fingerprint density at radius 2 is 1.71 bits per heavy atom. The van der Waals surface area contributed by atoms with Gasteiger partial charge in [-0.15, -0.1) is 0 Å². The molecule has 3 unspecified atom stereocenters. The Labute approximate surface area is 124 Å². The highest BCUT2D eigenvalue weighted by Gasteiger charge is 2.40. The van der Waals surface area contributed by atoms with Gasteiger partial charge >= 0.3 is 12.0 Å². The zero-order valence-corrected chi connectivity index (χ0v) is 12.3. The van der Waals surface area contributed by atoms with Crippen LogP contribution < -0.4 is 5.73 Å². The van der Waals surface area contributed by atoms with E-state index in [2.05, 4.69) is 0 Å². The molecule has 0 spiro atoms. The summed E-state index contributed by atoms with van der Waals surface area (Å²) in [5, 5.41) is 9.34. The lowest BCUT2D eigenvalue weighted by Gasteiger charge is -2.42. The molecule has 0 radical (unpaired) electrons. The molecule has 0 saturated carbocycles. The van der Waals surface area contributed by atoms with Crippen LogP contribution in [0.3, 0.4) is 0 Å². The van der Waals surface area contributed by atoms with Crippen LogP contribution in [0.1, 0.15) is 39.0 Å². The van der Waals surface area contributed by atoms with Crippen molar-refractivity contribution in [3.63, 3.8) is 0 Å². The van der Waals surface area contributed by atoms with Crippen LogP contribution in [-0.4, -0.2) is 58.0 Å². The van der Waals surface area contributed by atoms with E-state index in [0.717, 1.165) is 19.3 Å². The fourth-order valence-corrected chi connectivity index (χ4v) is 3.23. The first kappa shape index (κ1) is 15.6. The number of carbonyl (C=O) groups is 3. The predicted octanol–water partition coefficient (Wildman–Crippen LogP) is 0.631. The lowest BCUT2D eigenvalue weighted by atomic mass is 9.92. The zero-order valence-electron chi connectivity index (χ0n) is 12.3.